The second-order valence-electron chi connectivity index (χ2n) is 5.39. The van der Waals surface area contributed by atoms with Gasteiger partial charge in [-0.05, 0) is 24.5 Å². The number of allylic oxidation sites excluding steroid dienone is 1. The van der Waals surface area contributed by atoms with Gasteiger partial charge in [-0.15, -0.1) is 0 Å². The van der Waals surface area contributed by atoms with Crippen molar-refractivity contribution in [2.24, 2.45) is 0 Å². The summed E-state index contributed by atoms with van der Waals surface area (Å²) in [4.78, 5) is 0. The SMILES string of the molecule is CCCCC/C=C/C(O)C(O)/C=C/c1ccc(Cl)c(O)c1CO. The summed E-state index contributed by atoms with van der Waals surface area (Å²) in [6, 6.07) is 3.13. The molecule has 5 heteroatoms. The summed E-state index contributed by atoms with van der Waals surface area (Å²) in [6.45, 7) is 1.75. The maximum absolute atomic E-state index is 9.93. The summed E-state index contributed by atoms with van der Waals surface area (Å²) in [7, 11) is 0. The number of halogens is 1. The highest BCUT2D eigenvalue weighted by Gasteiger charge is 2.12. The van der Waals surface area contributed by atoms with Crippen molar-refractivity contribution in [2.75, 3.05) is 0 Å². The van der Waals surface area contributed by atoms with E-state index in [4.69, 9.17) is 11.6 Å². The summed E-state index contributed by atoms with van der Waals surface area (Å²) < 4.78 is 0. The lowest BCUT2D eigenvalue weighted by molar-refractivity contribution is 0.0811. The molecule has 2 atom stereocenters. The van der Waals surface area contributed by atoms with E-state index in [-0.39, 0.29) is 22.9 Å². The van der Waals surface area contributed by atoms with Crippen LogP contribution in [0.5, 0.6) is 5.75 Å². The van der Waals surface area contributed by atoms with Gasteiger partial charge in [0.1, 0.15) is 18.0 Å². The van der Waals surface area contributed by atoms with Gasteiger partial charge in [0.05, 0.1) is 11.6 Å². The van der Waals surface area contributed by atoms with Crippen LogP contribution in [0.4, 0.5) is 0 Å². The molecular weight excluding hydrogens is 316 g/mol. The van der Waals surface area contributed by atoms with E-state index in [0.717, 1.165) is 25.7 Å². The normalized spacial score (nSPS) is 14.7. The monoisotopic (exact) mass is 340 g/mol. The lowest BCUT2D eigenvalue weighted by Crippen LogP contribution is -2.21. The van der Waals surface area contributed by atoms with Gasteiger partial charge in [0, 0.05) is 5.56 Å². The van der Waals surface area contributed by atoms with Crippen molar-refractivity contribution in [3.8, 4) is 5.75 Å². The Morgan fingerprint density at radius 1 is 1.13 bits per heavy atom. The van der Waals surface area contributed by atoms with Crippen LogP contribution in [0.15, 0.2) is 30.4 Å². The number of hydrogen-bond acceptors (Lipinski definition) is 4. The molecule has 1 rings (SSSR count). The fourth-order valence-electron chi connectivity index (χ4n) is 2.12. The second-order valence-corrected chi connectivity index (χ2v) is 5.79. The molecule has 0 amide bonds. The maximum Gasteiger partial charge on any atom is 0.140 e. The molecule has 0 aromatic heterocycles. The lowest BCUT2D eigenvalue weighted by atomic mass is 10.0. The van der Waals surface area contributed by atoms with Crippen LogP contribution in [-0.2, 0) is 6.61 Å². The summed E-state index contributed by atoms with van der Waals surface area (Å²) in [5, 5.41) is 39.1. The number of phenols is 1. The van der Waals surface area contributed by atoms with Crippen molar-refractivity contribution in [1.29, 1.82) is 0 Å². The van der Waals surface area contributed by atoms with Gasteiger partial charge in [-0.25, -0.2) is 0 Å². The van der Waals surface area contributed by atoms with Crippen LogP contribution in [0.2, 0.25) is 5.02 Å². The summed E-state index contributed by atoms with van der Waals surface area (Å²) in [5.41, 5.74) is 0.818. The molecule has 0 spiro atoms. The molecule has 1 aromatic carbocycles. The van der Waals surface area contributed by atoms with Gasteiger partial charge in [0.2, 0.25) is 0 Å². The van der Waals surface area contributed by atoms with Gasteiger partial charge in [-0.3, -0.25) is 0 Å². The third-order valence-electron chi connectivity index (χ3n) is 3.56. The van der Waals surface area contributed by atoms with E-state index in [2.05, 4.69) is 6.92 Å². The van der Waals surface area contributed by atoms with Crippen LogP contribution in [0.25, 0.3) is 6.08 Å². The molecule has 0 saturated carbocycles. The first-order valence-corrected chi connectivity index (χ1v) is 8.21. The molecule has 2 unspecified atom stereocenters. The lowest BCUT2D eigenvalue weighted by Gasteiger charge is -2.11. The van der Waals surface area contributed by atoms with Crippen LogP contribution < -0.4 is 0 Å². The van der Waals surface area contributed by atoms with Gasteiger partial charge >= 0.3 is 0 Å². The molecule has 0 fully saturated rings. The van der Waals surface area contributed by atoms with Crippen molar-refractivity contribution in [3.05, 3.63) is 46.5 Å². The highest BCUT2D eigenvalue weighted by atomic mass is 35.5. The first-order valence-electron chi connectivity index (χ1n) is 7.83. The molecule has 128 valence electrons. The Kier molecular flexibility index (Phi) is 8.95. The number of benzene rings is 1. The van der Waals surface area contributed by atoms with Crippen LogP contribution >= 0.6 is 11.6 Å². The molecular formula is C18H25ClO4. The van der Waals surface area contributed by atoms with E-state index in [0.29, 0.717) is 5.56 Å². The molecule has 1 aromatic rings. The van der Waals surface area contributed by atoms with Gasteiger partial charge in [-0.2, -0.15) is 0 Å². The first-order chi connectivity index (χ1) is 11.0. The Balaban J connectivity index is 2.67. The molecule has 0 aliphatic rings. The predicted octanol–water partition coefficient (Wildman–Crippen LogP) is 3.41. The van der Waals surface area contributed by atoms with Crippen molar-refractivity contribution in [3.63, 3.8) is 0 Å². The summed E-state index contributed by atoms with van der Waals surface area (Å²) in [6.07, 6.45) is 8.57. The number of unbranched alkanes of at least 4 members (excludes halogenated alkanes) is 3. The van der Waals surface area contributed by atoms with Crippen LogP contribution in [-0.4, -0.2) is 32.6 Å². The minimum absolute atomic E-state index is 0.154. The Morgan fingerprint density at radius 2 is 1.83 bits per heavy atom. The third-order valence-corrected chi connectivity index (χ3v) is 3.86. The Hall–Kier alpha value is -1.33. The van der Waals surface area contributed by atoms with Gasteiger partial charge in [0.25, 0.3) is 0 Å². The van der Waals surface area contributed by atoms with Gasteiger partial charge in [0.15, 0.2) is 0 Å². The number of aromatic hydroxyl groups is 1. The van der Waals surface area contributed by atoms with E-state index in [1.165, 1.54) is 12.1 Å². The average Bonchev–Trinajstić information content (AvgIpc) is 2.55. The molecule has 0 radical (unpaired) electrons. The van der Waals surface area contributed by atoms with Crippen LogP contribution in [0.1, 0.15) is 43.7 Å². The summed E-state index contributed by atoms with van der Waals surface area (Å²) in [5.74, 6) is -0.179. The fraction of sp³-hybridized carbons (Fsp3) is 0.444. The second kappa shape index (κ2) is 10.4. The molecule has 23 heavy (non-hydrogen) atoms. The number of aliphatic hydroxyl groups is 3. The van der Waals surface area contributed by atoms with Crippen molar-refractivity contribution >= 4 is 17.7 Å². The zero-order valence-corrected chi connectivity index (χ0v) is 14.1. The number of aliphatic hydroxyl groups excluding tert-OH is 3. The molecule has 0 bridgehead atoms. The van der Waals surface area contributed by atoms with E-state index in [1.807, 2.05) is 6.08 Å². The highest BCUT2D eigenvalue weighted by Crippen LogP contribution is 2.30. The van der Waals surface area contributed by atoms with E-state index in [1.54, 1.807) is 18.2 Å². The van der Waals surface area contributed by atoms with E-state index >= 15 is 0 Å². The first kappa shape index (κ1) is 19.7. The number of rotatable bonds is 9. The quantitative estimate of drug-likeness (QED) is 0.410. The molecule has 4 N–H and O–H groups in total. The molecule has 0 saturated heterocycles. The minimum atomic E-state index is -1.07. The number of hydrogen-bond donors (Lipinski definition) is 4. The highest BCUT2D eigenvalue weighted by molar-refractivity contribution is 6.32. The molecule has 0 aliphatic heterocycles. The van der Waals surface area contributed by atoms with E-state index in [9.17, 15) is 20.4 Å². The van der Waals surface area contributed by atoms with Crippen molar-refractivity contribution in [1.82, 2.24) is 0 Å². The largest absolute Gasteiger partial charge is 0.506 e. The molecule has 4 nitrogen and oxygen atoms in total. The zero-order chi connectivity index (χ0) is 17.2. The fourth-order valence-corrected chi connectivity index (χ4v) is 2.30. The maximum atomic E-state index is 9.93. The average molecular weight is 341 g/mol. The van der Waals surface area contributed by atoms with Gasteiger partial charge < -0.3 is 20.4 Å². The molecule has 0 aliphatic carbocycles. The minimum Gasteiger partial charge on any atom is -0.506 e. The van der Waals surface area contributed by atoms with Crippen LogP contribution in [0, 0.1) is 0 Å². The predicted molar refractivity (Wildman–Crippen MR) is 93.4 cm³/mol. The van der Waals surface area contributed by atoms with Gasteiger partial charge in [-0.1, -0.05) is 61.7 Å². The Labute approximate surface area is 142 Å². The smallest absolute Gasteiger partial charge is 0.140 e. The van der Waals surface area contributed by atoms with E-state index < -0.39 is 12.2 Å². The zero-order valence-electron chi connectivity index (χ0n) is 13.3. The third kappa shape index (κ3) is 6.36. The molecule has 0 heterocycles. The van der Waals surface area contributed by atoms with Crippen molar-refractivity contribution < 1.29 is 20.4 Å². The topological polar surface area (TPSA) is 80.9 Å². The Bertz CT molecular complexity index is 540. The van der Waals surface area contributed by atoms with Crippen molar-refractivity contribution in [2.45, 2.75) is 51.4 Å². The van der Waals surface area contributed by atoms with Crippen LogP contribution in [0.3, 0.4) is 0 Å². The summed E-state index contributed by atoms with van der Waals surface area (Å²) >= 11 is 5.79. The Morgan fingerprint density at radius 3 is 2.48 bits per heavy atom. The standard InChI is InChI=1S/C18H25ClO4/c1-2-3-4-5-6-7-16(21)17(22)11-9-13-8-10-15(19)18(23)14(13)12-20/h6-11,16-17,20-23H,2-5,12H2,1H3/b7-6+,11-9+.